The first-order valence-electron chi connectivity index (χ1n) is 5.60. The maximum absolute atomic E-state index is 10.9. The van der Waals surface area contributed by atoms with Crippen LogP contribution in [-0.2, 0) is 0 Å². The monoisotopic (exact) mass is 305 g/mol. The molecule has 2 aromatic heterocycles. The molecule has 1 aromatic carbocycles. The van der Waals surface area contributed by atoms with Gasteiger partial charge in [-0.2, -0.15) is 15.4 Å². The highest BCUT2D eigenvalue weighted by atomic mass is 16.6. The molecule has 0 unspecified atom stereocenters. The fourth-order valence-corrected chi connectivity index (χ4v) is 1.53. The Kier molecular flexibility index (Phi) is 4.44. The Balaban J connectivity index is 0.000000299. The van der Waals surface area contributed by atoms with Gasteiger partial charge in [-0.3, -0.25) is 20.2 Å². The number of nitro groups is 2. The van der Waals surface area contributed by atoms with Crippen LogP contribution in [0.4, 0.5) is 11.4 Å². The molecule has 0 bridgehead atoms. The zero-order valence-electron chi connectivity index (χ0n) is 10.7. The molecule has 3 aromatic rings. The minimum absolute atomic E-state index is 0.00884. The van der Waals surface area contributed by atoms with Crippen molar-refractivity contribution in [3.05, 3.63) is 57.1 Å². The largest absolute Gasteiger partial charge is 0.355 e. The average molecular weight is 305 g/mol. The minimum atomic E-state index is -0.831. The molecule has 2 heterocycles. The van der Waals surface area contributed by atoms with Crippen LogP contribution in [0.3, 0.4) is 0 Å². The summed E-state index contributed by atoms with van der Waals surface area (Å²) in [4.78, 5) is 19.9. The molecule has 0 fully saturated rings. The second-order valence-electron chi connectivity index (χ2n) is 3.63. The average Bonchev–Trinajstić information content (AvgIpc) is 3.22. The van der Waals surface area contributed by atoms with E-state index in [4.69, 9.17) is 0 Å². The third-order valence-electron chi connectivity index (χ3n) is 2.36. The summed E-state index contributed by atoms with van der Waals surface area (Å²) in [5, 5.41) is 37.5. The van der Waals surface area contributed by atoms with Crippen molar-refractivity contribution in [1.29, 1.82) is 0 Å². The first-order valence-corrected chi connectivity index (χ1v) is 5.60. The predicted octanol–water partition coefficient (Wildman–Crippen LogP) is 1.36. The fourth-order valence-electron chi connectivity index (χ4n) is 1.53. The molecule has 3 rings (SSSR count). The van der Waals surface area contributed by atoms with Gasteiger partial charge in [0.2, 0.25) is 0 Å². The van der Waals surface area contributed by atoms with Crippen molar-refractivity contribution >= 4 is 11.4 Å². The Bertz CT molecular complexity index is 739. The van der Waals surface area contributed by atoms with E-state index in [9.17, 15) is 20.2 Å². The normalized spacial score (nSPS) is 9.64. The maximum Gasteiger partial charge on any atom is 0.355 e. The van der Waals surface area contributed by atoms with Crippen molar-refractivity contribution in [3.63, 3.8) is 0 Å². The highest BCUT2D eigenvalue weighted by molar-refractivity contribution is 5.76. The zero-order chi connectivity index (χ0) is 15.9. The van der Waals surface area contributed by atoms with Gasteiger partial charge < -0.3 is 4.52 Å². The summed E-state index contributed by atoms with van der Waals surface area (Å²) in [6.07, 6.45) is 4.24. The van der Waals surface area contributed by atoms with Gasteiger partial charge in [-0.1, -0.05) is 6.07 Å². The van der Waals surface area contributed by atoms with Gasteiger partial charge in [0.1, 0.15) is 5.69 Å². The number of nitro benzene ring substituents is 2. The van der Waals surface area contributed by atoms with Gasteiger partial charge in [-0.05, 0) is 6.07 Å². The summed E-state index contributed by atoms with van der Waals surface area (Å²) in [5.41, 5.74) is -1.17. The molecular weight excluding hydrogens is 298 g/mol. The van der Waals surface area contributed by atoms with Gasteiger partial charge in [0.15, 0.2) is 6.26 Å². The Labute approximate surface area is 121 Å². The van der Waals surface area contributed by atoms with E-state index >= 15 is 0 Å². The van der Waals surface area contributed by atoms with Crippen LogP contribution in [0, 0.1) is 20.2 Å². The summed E-state index contributed by atoms with van der Waals surface area (Å²) < 4.78 is 4.45. The van der Waals surface area contributed by atoms with Crippen LogP contribution < -0.4 is 0 Å². The first-order chi connectivity index (χ1) is 10.6. The summed E-state index contributed by atoms with van der Waals surface area (Å²) in [7, 11) is 0. The van der Waals surface area contributed by atoms with Crippen LogP contribution in [-0.4, -0.2) is 35.6 Å². The number of hydrogen-bond donors (Lipinski definition) is 1. The first kappa shape index (κ1) is 14.7. The third kappa shape index (κ3) is 3.24. The Morgan fingerprint density at radius 3 is 2.27 bits per heavy atom. The molecule has 0 amide bonds. The van der Waals surface area contributed by atoms with Gasteiger partial charge in [0, 0.05) is 11.3 Å². The van der Waals surface area contributed by atoms with E-state index in [0.717, 1.165) is 12.3 Å². The molecule has 12 nitrogen and oxygen atoms in total. The number of para-hydroxylation sites is 1. The number of aromatic amines is 1. The van der Waals surface area contributed by atoms with E-state index < -0.39 is 21.2 Å². The van der Waals surface area contributed by atoms with Crippen molar-refractivity contribution in [2.24, 2.45) is 0 Å². The number of hydrogen-bond acceptors (Lipinski definition) is 9. The van der Waals surface area contributed by atoms with Gasteiger partial charge in [0.25, 0.3) is 0 Å². The molecule has 0 saturated heterocycles. The van der Waals surface area contributed by atoms with Gasteiger partial charge in [-0.15, -0.1) is 5.10 Å². The summed E-state index contributed by atoms with van der Waals surface area (Å²) in [5.74, 6) is 0. The van der Waals surface area contributed by atoms with Crippen molar-refractivity contribution in [3.8, 4) is 11.3 Å². The van der Waals surface area contributed by atoms with Gasteiger partial charge >= 0.3 is 11.4 Å². The zero-order valence-corrected chi connectivity index (χ0v) is 10.7. The molecule has 0 aliphatic heterocycles. The smallest absolute Gasteiger partial charge is 0.345 e. The lowest BCUT2D eigenvalue weighted by atomic mass is 10.1. The lowest BCUT2D eigenvalue weighted by Gasteiger charge is -1.98. The van der Waals surface area contributed by atoms with Crippen LogP contribution >= 0.6 is 0 Å². The van der Waals surface area contributed by atoms with Crippen LogP contribution in [0.1, 0.15) is 0 Å². The van der Waals surface area contributed by atoms with E-state index in [-0.39, 0.29) is 11.3 Å². The summed E-state index contributed by atoms with van der Waals surface area (Å²) in [6, 6.07) is 3.72. The van der Waals surface area contributed by atoms with Crippen LogP contribution in [0.2, 0.25) is 0 Å². The summed E-state index contributed by atoms with van der Waals surface area (Å²) >= 11 is 0. The maximum atomic E-state index is 10.9. The molecule has 112 valence electrons. The van der Waals surface area contributed by atoms with Crippen LogP contribution in [0.25, 0.3) is 11.3 Å². The molecule has 0 aliphatic carbocycles. The lowest BCUT2D eigenvalue weighted by molar-refractivity contribution is -0.422. The SMILES string of the molecule is O=[N+]([O-])c1cccc(-c2conn2)c1[N+](=O)[O-].c1cn[nH]n1. The number of rotatable bonds is 3. The lowest BCUT2D eigenvalue weighted by Crippen LogP contribution is -1.98. The van der Waals surface area contributed by atoms with Crippen molar-refractivity contribution in [2.75, 3.05) is 0 Å². The van der Waals surface area contributed by atoms with Crippen LogP contribution in [0.5, 0.6) is 0 Å². The topological polar surface area (TPSA) is 167 Å². The van der Waals surface area contributed by atoms with E-state index in [2.05, 4.69) is 30.3 Å². The van der Waals surface area contributed by atoms with Crippen molar-refractivity contribution < 1.29 is 14.4 Å². The quantitative estimate of drug-likeness (QED) is 0.554. The van der Waals surface area contributed by atoms with Crippen LogP contribution in [0.15, 0.2) is 41.4 Å². The molecule has 0 saturated carbocycles. The van der Waals surface area contributed by atoms with Crippen molar-refractivity contribution in [1.82, 2.24) is 25.8 Å². The highest BCUT2D eigenvalue weighted by Crippen LogP contribution is 2.36. The van der Waals surface area contributed by atoms with E-state index in [1.807, 2.05) is 0 Å². The third-order valence-corrected chi connectivity index (χ3v) is 2.36. The minimum Gasteiger partial charge on any atom is -0.345 e. The van der Waals surface area contributed by atoms with Gasteiger partial charge in [-0.25, -0.2) is 0 Å². The molecule has 0 radical (unpaired) electrons. The molecule has 0 spiro atoms. The van der Waals surface area contributed by atoms with E-state index in [1.54, 1.807) is 12.4 Å². The number of aromatic nitrogens is 5. The highest BCUT2D eigenvalue weighted by Gasteiger charge is 2.29. The Morgan fingerprint density at radius 1 is 1.09 bits per heavy atom. The van der Waals surface area contributed by atoms with E-state index in [1.165, 1.54) is 12.1 Å². The van der Waals surface area contributed by atoms with Gasteiger partial charge in [0.05, 0.1) is 27.8 Å². The molecule has 12 heteroatoms. The second kappa shape index (κ2) is 6.65. The van der Waals surface area contributed by atoms with E-state index in [0.29, 0.717) is 0 Å². The predicted molar refractivity (Wildman–Crippen MR) is 69.4 cm³/mol. The fraction of sp³-hybridized carbons (Fsp3) is 0. The standard InChI is InChI=1S/C8H4N4O5.C2H3N3/c13-11(14)7-3-1-2-5(8(7)12(15)16)6-4-17-10-9-6;1-2-4-5-3-1/h1-4H;1-2H,(H,3,4,5). The molecule has 0 aliphatic rings. The Hall–Kier alpha value is -3.70. The number of benzene rings is 1. The molecule has 22 heavy (non-hydrogen) atoms. The Morgan fingerprint density at radius 2 is 1.82 bits per heavy atom. The number of nitrogens with zero attached hydrogens (tertiary/aromatic N) is 6. The van der Waals surface area contributed by atoms with Crippen molar-refractivity contribution in [2.45, 2.75) is 0 Å². The number of nitrogens with one attached hydrogen (secondary N) is 1. The second-order valence-corrected chi connectivity index (χ2v) is 3.63. The molecule has 1 N–H and O–H groups in total. The summed E-state index contributed by atoms with van der Waals surface area (Å²) in [6.45, 7) is 0. The molecular formula is C10H7N7O5. The molecule has 0 atom stereocenters. The number of H-pyrrole nitrogens is 1.